The first kappa shape index (κ1) is 7.23. The van der Waals surface area contributed by atoms with Crippen molar-refractivity contribution in [2.75, 3.05) is 11.9 Å². The molecule has 0 unspecified atom stereocenters. The van der Waals surface area contributed by atoms with E-state index in [9.17, 15) is 4.79 Å². The van der Waals surface area contributed by atoms with Crippen LogP contribution in [-0.2, 0) is 17.8 Å². The molecule has 1 aliphatic heterocycles. The molecule has 0 spiro atoms. The van der Waals surface area contributed by atoms with Gasteiger partial charge in [0.1, 0.15) is 6.54 Å². The molecule has 12 heavy (non-hydrogen) atoms. The highest BCUT2D eigenvalue weighted by Gasteiger charge is 2.20. The minimum absolute atomic E-state index is 0.0655. The average Bonchev–Trinajstić information content (AvgIpc) is 2.44. The molecule has 0 aromatic carbocycles. The fourth-order valence-corrected chi connectivity index (χ4v) is 1.13. The third kappa shape index (κ3) is 1.06. The molecule has 0 saturated carbocycles. The van der Waals surface area contributed by atoms with Crippen LogP contribution in [0.15, 0.2) is 0 Å². The van der Waals surface area contributed by atoms with Gasteiger partial charge in [0.25, 0.3) is 0 Å². The second-order valence-electron chi connectivity index (χ2n) is 2.60. The number of hydrogen-bond acceptors (Lipinski definition) is 4. The third-order valence-corrected chi connectivity index (χ3v) is 1.63. The van der Waals surface area contributed by atoms with Crippen LogP contribution >= 0.6 is 0 Å². The maximum atomic E-state index is 10.8. The minimum atomic E-state index is -0.0655. The smallest absolute Gasteiger partial charge is 0.248 e. The summed E-state index contributed by atoms with van der Waals surface area (Å²) in [6.45, 7) is 0.796. The number of nitrogens with two attached hydrogens (primary N) is 1. The van der Waals surface area contributed by atoms with E-state index >= 15 is 0 Å². The second kappa shape index (κ2) is 2.56. The van der Waals surface area contributed by atoms with Crippen LogP contribution in [0.25, 0.3) is 0 Å². The Kier molecular flexibility index (Phi) is 1.54. The molecule has 1 aromatic heterocycles. The first-order valence-corrected chi connectivity index (χ1v) is 3.73. The Morgan fingerprint density at radius 1 is 1.67 bits per heavy atom. The first-order valence-electron chi connectivity index (χ1n) is 3.73. The Labute approximate surface area is 68.8 Å². The van der Waals surface area contributed by atoms with Gasteiger partial charge < -0.3 is 5.73 Å². The van der Waals surface area contributed by atoms with Crippen LogP contribution in [0.4, 0.5) is 5.95 Å². The molecule has 2 heterocycles. The van der Waals surface area contributed by atoms with Gasteiger partial charge in [-0.3, -0.25) is 10.1 Å². The molecular formula is C6H9N5O. The van der Waals surface area contributed by atoms with Crippen molar-refractivity contribution >= 4 is 11.9 Å². The first-order chi connectivity index (χ1) is 5.79. The maximum absolute atomic E-state index is 10.8. The lowest BCUT2D eigenvalue weighted by molar-refractivity contribution is -0.116. The van der Waals surface area contributed by atoms with Crippen LogP contribution in [0.3, 0.4) is 0 Å². The van der Waals surface area contributed by atoms with Crippen LogP contribution in [0.1, 0.15) is 5.82 Å². The molecule has 2 rings (SSSR count). The number of rotatable bonds is 2. The molecule has 3 N–H and O–H groups in total. The number of carbonyl (C=O) groups excluding carboxylic acids is 1. The highest BCUT2D eigenvalue weighted by molar-refractivity contribution is 5.92. The van der Waals surface area contributed by atoms with Gasteiger partial charge in [-0.05, 0) is 6.54 Å². The van der Waals surface area contributed by atoms with Gasteiger partial charge in [0.15, 0.2) is 5.82 Å². The van der Waals surface area contributed by atoms with E-state index in [4.69, 9.17) is 5.73 Å². The summed E-state index contributed by atoms with van der Waals surface area (Å²) in [4.78, 5) is 14.9. The molecule has 0 saturated heterocycles. The number of carbonyl (C=O) groups is 1. The topological polar surface area (TPSA) is 85.8 Å². The number of fused-ring (bicyclic) bond motifs is 1. The molecule has 64 valence electrons. The van der Waals surface area contributed by atoms with Crippen molar-refractivity contribution in [1.82, 2.24) is 14.8 Å². The summed E-state index contributed by atoms with van der Waals surface area (Å²) < 4.78 is 1.55. The predicted octanol–water partition coefficient (Wildman–Crippen LogP) is -1.27. The summed E-state index contributed by atoms with van der Waals surface area (Å²) in [6.07, 6.45) is 0.649. The van der Waals surface area contributed by atoms with Crippen molar-refractivity contribution in [2.24, 2.45) is 5.73 Å². The van der Waals surface area contributed by atoms with Crippen molar-refractivity contribution < 1.29 is 4.79 Å². The Morgan fingerprint density at radius 2 is 2.50 bits per heavy atom. The molecule has 6 nitrogen and oxygen atoms in total. The van der Waals surface area contributed by atoms with Crippen molar-refractivity contribution in [3.63, 3.8) is 0 Å². The largest absolute Gasteiger partial charge is 0.330 e. The molecule has 1 aromatic rings. The van der Waals surface area contributed by atoms with E-state index in [1.165, 1.54) is 0 Å². The van der Waals surface area contributed by atoms with Gasteiger partial charge >= 0.3 is 0 Å². The standard InChI is InChI=1S/C6H9N5O/c7-2-1-4-8-6-9-5(12)3-11(6)10-4/h1-3,7H2,(H,8,9,10,12). The van der Waals surface area contributed by atoms with Gasteiger partial charge in [-0.2, -0.15) is 10.1 Å². The number of nitrogens with zero attached hydrogens (tertiary/aromatic N) is 3. The zero-order chi connectivity index (χ0) is 8.55. The lowest BCUT2D eigenvalue weighted by Crippen LogP contribution is -2.10. The van der Waals surface area contributed by atoms with Crippen molar-refractivity contribution in [3.8, 4) is 0 Å². The van der Waals surface area contributed by atoms with Crippen LogP contribution in [0.5, 0.6) is 0 Å². The summed E-state index contributed by atoms with van der Waals surface area (Å²) in [6, 6.07) is 0. The number of nitrogens with one attached hydrogen (secondary N) is 1. The van der Waals surface area contributed by atoms with E-state index in [0.717, 1.165) is 0 Å². The van der Waals surface area contributed by atoms with Gasteiger partial charge in [-0.1, -0.05) is 0 Å². The molecule has 0 atom stereocenters. The van der Waals surface area contributed by atoms with Crippen molar-refractivity contribution in [3.05, 3.63) is 5.82 Å². The number of amides is 1. The Hall–Kier alpha value is -1.43. The molecular weight excluding hydrogens is 158 g/mol. The average molecular weight is 167 g/mol. The normalized spacial score (nSPS) is 14.6. The van der Waals surface area contributed by atoms with Crippen molar-refractivity contribution in [2.45, 2.75) is 13.0 Å². The summed E-state index contributed by atoms with van der Waals surface area (Å²) >= 11 is 0. The number of anilines is 1. The van der Waals surface area contributed by atoms with Gasteiger partial charge in [-0.15, -0.1) is 0 Å². The summed E-state index contributed by atoms with van der Waals surface area (Å²) in [5, 5.41) is 6.66. The zero-order valence-electron chi connectivity index (χ0n) is 6.45. The highest BCUT2D eigenvalue weighted by atomic mass is 16.2. The van der Waals surface area contributed by atoms with E-state index in [1.807, 2.05) is 0 Å². The Bertz CT molecular complexity index is 292. The van der Waals surface area contributed by atoms with Gasteiger partial charge in [0, 0.05) is 6.42 Å². The van der Waals surface area contributed by atoms with Crippen LogP contribution in [0, 0.1) is 0 Å². The summed E-state index contributed by atoms with van der Waals surface area (Å²) in [5.74, 6) is 1.15. The van der Waals surface area contributed by atoms with E-state index in [-0.39, 0.29) is 12.5 Å². The quantitative estimate of drug-likeness (QED) is 0.575. The lowest BCUT2D eigenvalue weighted by Gasteiger charge is -1.89. The Balaban J connectivity index is 2.22. The lowest BCUT2D eigenvalue weighted by atomic mass is 10.4. The molecule has 6 heteroatoms. The SMILES string of the molecule is NCCc1nc2n(n1)CC(=O)N2. The molecule has 0 radical (unpaired) electrons. The number of hydrogen-bond donors (Lipinski definition) is 2. The van der Waals surface area contributed by atoms with E-state index in [1.54, 1.807) is 4.68 Å². The van der Waals surface area contributed by atoms with Crippen molar-refractivity contribution in [1.29, 1.82) is 0 Å². The predicted molar refractivity (Wildman–Crippen MR) is 41.4 cm³/mol. The highest BCUT2D eigenvalue weighted by Crippen LogP contribution is 2.10. The zero-order valence-corrected chi connectivity index (χ0v) is 6.45. The molecule has 1 amide bonds. The van der Waals surface area contributed by atoms with Gasteiger partial charge in [-0.25, -0.2) is 4.68 Å². The minimum Gasteiger partial charge on any atom is -0.330 e. The van der Waals surface area contributed by atoms with Crippen LogP contribution < -0.4 is 11.1 Å². The monoisotopic (exact) mass is 167 g/mol. The fraction of sp³-hybridized carbons (Fsp3) is 0.500. The molecule has 0 fully saturated rings. The molecule has 0 aliphatic carbocycles. The van der Waals surface area contributed by atoms with E-state index in [2.05, 4.69) is 15.4 Å². The fourth-order valence-electron chi connectivity index (χ4n) is 1.13. The van der Waals surface area contributed by atoms with E-state index < -0.39 is 0 Å². The van der Waals surface area contributed by atoms with Gasteiger partial charge in [0.05, 0.1) is 0 Å². The molecule has 0 bridgehead atoms. The van der Waals surface area contributed by atoms with Gasteiger partial charge in [0.2, 0.25) is 11.9 Å². The third-order valence-electron chi connectivity index (χ3n) is 1.63. The molecule has 1 aliphatic rings. The Morgan fingerprint density at radius 3 is 3.17 bits per heavy atom. The van der Waals surface area contributed by atoms with E-state index in [0.29, 0.717) is 24.7 Å². The summed E-state index contributed by atoms with van der Waals surface area (Å²) in [7, 11) is 0. The van der Waals surface area contributed by atoms with Crippen LogP contribution in [0.2, 0.25) is 0 Å². The second-order valence-corrected chi connectivity index (χ2v) is 2.60. The van der Waals surface area contributed by atoms with Crippen LogP contribution in [-0.4, -0.2) is 27.2 Å². The number of aromatic nitrogens is 3. The summed E-state index contributed by atoms with van der Waals surface area (Å²) in [5.41, 5.74) is 5.33. The maximum Gasteiger partial charge on any atom is 0.248 e.